The summed E-state index contributed by atoms with van der Waals surface area (Å²) < 4.78 is 6.87. The van der Waals surface area contributed by atoms with Gasteiger partial charge in [0.05, 0.1) is 12.0 Å². The van der Waals surface area contributed by atoms with Crippen LogP contribution in [-0.2, 0) is 13.5 Å². The molecule has 18 heavy (non-hydrogen) atoms. The van der Waals surface area contributed by atoms with Crippen molar-refractivity contribution in [2.75, 3.05) is 5.32 Å². The molecule has 2 rings (SSSR count). The second-order valence-corrected chi connectivity index (χ2v) is 4.53. The van der Waals surface area contributed by atoms with Crippen LogP contribution in [0.5, 0.6) is 0 Å². The molecule has 0 fully saturated rings. The maximum atomic E-state index is 11.3. The number of hydrogen-bond donors (Lipinski definition) is 1. The van der Waals surface area contributed by atoms with Crippen LogP contribution in [-0.4, -0.2) is 10.6 Å². The standard InChI is InChI=1S/C14H18N2O2/c1-11(5-7-13-4-3-9-18-13)15-12-6-8-14(17)16(2)10-12/h3-4,6,8-11,15H,5,7H2,1-2H3. The first-order chi connectivity index (χ1) is 8.65. The number of furan rings is 1. The number of aromatic nitrogens is 1. The molecule has 0 aliphatic rings. The van der Waals surface area contributed by atoms with Crippen LogP contribution in [0.1, 0.15) is 19.1 Å². The van der Waals surface area contributed by atoms with E-state index in [-0.39, 0.29) is 5.56 Å². The minimum atomic E-state index is 0.00351. The highest BCUT2D eigenvalue weighted by Gasteiger charge is 2.04. The zero-order valence-electron chi connectivity index (χ0n) is 10.7. The van der Waals surface area contributed by atoms with Crippen LogP contribution < -0.4 is 10.9 Å². The SMILES string of the molecule is CC(CCc1ccco1)Nc1ccc(=O)n(C)c1. The fourth-order valence-electron chi connectivity index (χ4n) is 1.85. The van der Waals surface area contributed by atoms with Crippen LogP contribution in [0.4, 0.5) is 5.69 Å². The van der Waals surface area contributed by atoms with Gasteiger partial charge in [-0.1, -0.05) is 0 Å². The minimum absolute atomic E-state index is 0.00351. The number of aryl methyl sites for hydroxylation is 2. The van der Waals surface area contributed by atoms with Gasteiger partial charge in [-0.05, 0) is 31.5 Å². The highest BCUT2D eigenvalue weighted by Crippen LogP contribution is 2.10. The molecule has 0 amide bonds. The van der Waals surface area contributed by atoms with E-state index in [1.807, 2.05) is 24.4 Å². The summed E-state index contributed by atoms with van der Waals surface area (Å²) in [5, 5.41) is 3.37. The monoisotopic (exact) mass is 246 g/mol. The molecule has 0 aliphatic heterocycles. The number of rotatable bonds is 5. The Labute approximate surface area is 106 Å². The highest BCUT2D eigenvalue weighted by atomic mass is 16.3. The maximum Gasteiger partial charge on any atom is 0.250 e. The van der Waals surface area contributed by atoms with Crippen LogP contribution >= 0.6 is 0 Å². The molecule has 2 aromatic heterocycles. The van der Waals surface area contributed by atoms with Gasteiger partial charge in [-0.15, -0.1) is 0 Å². The first-order valence-electron chi connectivity index (χ1n) is 6.11. The Balaban J connectivity index is 1.88. The summed E-state index contributed by atoms with van der Waals surface area (Å²) in [6.45, 7) is 2.12. The zero-order chi connectivity index (χ0) is 13.0. The van der Waals surface area contributed by atoms with Crippen LogP contribution in [0.3, 0.4) is 0 Å². The van der Waals surface area contributed by atoms with Crippen molar-refractivity contribution in [2.45, 2.75) is 25.8 Å². The molecule has 1 N–H and O–H groups in total. The summed E-state index contributed by atoms with van der Waals surface area (Å²) >= 11 is 0. The first kappa shape index (κ1) is 12.5. The lowest BCUT2D eigenvalue weighted by Gasteiger charge is -2.15. The quantitative estimate of drug-likeness (QED) is 0.881. The molecule has 0 saturated heterocycles. The second-order valence-electron chi connectivity index (χ2n) is 4.53. The van der Waals surface area contributed by atoms with E-state index < -0.39 is 0 Å². The molecule has 0 radical (unpaired) electrons. The Hall–Kier alpha value is -1.97. The Kier molecular flexibility index (Phi) is 3.87. The zero-order valence-corrected chi connectivity index (χ0v) is 10.7. The summed E-state index contributed by atoms with van der Waals surface area (Å²) in [6.07, 6.45) is 5.40. The van der Waals surface area contributed by atoms with E-state index in [9.17, 15) is 4.79 Å². The smallest absolute Gasteiger partial charge is 0.250 e. The molecule has 2 heterocycles. The highest BCUT2D eigenvalue weighted by molar-refractivity contribution is 5.41. The van der Waals surface area contributed by atoms with Crippen molar-refractivity contribution in [3.05, 3.63) is 52.8 Å². The van der Waals surface area contributed by atoms with Crippen LogP contribution in [0.25, 0.3) is 0 Å². The fraction of sp³-hybridized carbons (Fsp3) is 0.357. The molecule has 0 aliphatic carbocycles. The van der Waals surface area contributed by atoms with E-state index in [4.69, 9.17) is 4.42 Å². The summed E-state index contributed by atoms with van der Waals surface area (Å²) in [5.41, 5.74) is 0.966. The van der Waals surface area contributed by atoms with E-state index in [0.29, 0.717) is 6.04 Å². The molecule has 0 spiro atoms. The van der Waals surface area contributed by atoms with Crippen molar-refractivity contribution < 1.29 is 4.42 Å². The molecule has 1 atom stereocenters. The molecule has 4 heteroatoms. The Morgan fingerprint density at radius 1 is 1.39 bits per heavy atom. The van der Waals surface area contributed by atoms with Crippen molar-refractivity contribution in [3.8, 4) is 0 Å². The van der Waals surface area contributed by atoms with Gasteiger partial charge < -0.3 is 14.3 Å². The third-order valence-electron chi connectivity index (χ3n) is 2.90. The van der Waals surface area contributed by atoms with Gasteiger partial charge in [-0.2, -0.15) is 0 Å². The van der Waals surface area contributed by atoms with E-state index in [1.54, 1.807) is 23.9 Å². The fourth-order valence-corrected chi connectivity index (χ4v) is 1.85. The summed E-state index contributed by atoms with van der Waals surface area (Å²) in [6, 6.07) is 7.60. The summed E-state index contributed by atoms with van der Waals surface area (Å²) in [7, 11) is 1.75. The molecule has 0 saturated carbocycles. The second kappa shape index (κ2) is 5.58. The molecule has 4 nitrogen and oxygen atoms in total. The van der Waals surface area contributed by atoms with E-state index in [1.165, 1.54) is 0 Å². The minimum Gasteiger partial charge on any atom is -0.469 e. The van der Waals surface area contributed by atoms with Gasteiger partial charge in [0.25, 0.3) is 0 Å². The van der Waals surface area contributed by atoms with Crippen LogP contribution in [0, 0.1) is 0 Å². The van der Waals surface area contributed by atoms with Crippen molar-refractivity contribution in [1.82, 2.24) is 4.57 Å². The van der Waals surface area contributed by atoms with Gasteiger partial charge in [0, 0.05) is 31.8 Å². The average molecular weight is 246 g/mol. The predicted octanol–water partition coefficient (Wildman–Crippen LogP) is 2.41. The molecule has 96 valence electrons. The Bertz CT molecular complexity index is 543. The van der Waals surface area contributed by atoms with E-state index in [2.05, 4.69) is 12.2 Å². The first-order valence-corrected chi connectivity index (χ1v) is 6.11. The van der Waals surface area contributed by atoms with Gasteiger partial charge >= 0.3 is 0 Å². The van der Waals surface area contributed by atoms with Crippen LogP contribution in [0.2, 0.25) is 0 Å². The number of nitrogens with zero attached hydrogens (tertiary/aromatic N) is 1. The van der Waals surface area contributed by atoms with Crippen molar-refractivity contribution in [1.29, 1.82) is 0 Å². The van der Waals surface area contributed by atoms with Crippen molar-refractivity contribution in [2.24, 2.45) is 7.05 Å². The number of hydrogen-bond acceptors (Lipinski definition) is 3. The molecule has 1 unspecified atom stereocenters. The summed E-state index contributed by atoms with van der Waals surface area (Å²) in [5.74, 6) is 1.00. The van der Waals surface area contributed by atoms with Gasteiger partial charge in [-0.25, -0.2) is 0 Å². The average Bonchev–Trinajstić information content (AvgIpc) is 2.84. The Morgan fingerprint density at radius 3 is 2.89 bits per heavy atom. The predicted molar refractivity (Wildman–Crippen MR) is 71.8 cm³/mol. The van der Waals surface area contributed by atoms with Crippen LogP contribution in [0.15, 0.2) is 45.9 Å². The Morgan fingerprint density at radius 2 is 2.22 bits per heavy atom. The lowest BCUT2D eigenvalue weighted by atomic mass is 10.1. The van der Waals surface area contributed by atoms with Gasteiger partial charge in [0.1, 0.15) is 5.76 Å². The number of anilines is 1. The van der Waals surface area contributed by atoms with Gasteiger partial charge in [0.15, 0.2) is 0 Å². The summed E-state index contributed by atoms with van der Waals surface area (Å²) in [4.78, 5) is 11.3. The lowest BCUT2D eigenvalue weighted by molar-refractivity contribution is 0.495. The number of nitrogens with one attached hydrogen (secondary N) is 1. The molecule has 2 aromatic rings. The molecular formula is C14H18N2O2. The molecular weight excluding hydrogens is 228 g/mol. The molecule has 0 bridgehead atoms. The third-order valence-corrected chi connectivity index (χ3v) is 2.90. The van der Waals surface area contributed by atoms with Crippen molar-refractivity contribution >= 4 is 5.69 Å². The van der Waals surface area contributed by atoms with Crippen molar-refractivity contribution in [3.63, 3.8) is 0 Å². The largest absolute Gasteiger partial charge is 0.469 e. The molecule has 0 aromatic carbocycles. The third kappa shape index (κ3) is 3.26. The normalized spacial score (nSPS) is 12.3. The lowest BCUT2D eigenvalue weighted by Crippen LogP contribution is -2.19. The van der Waals surface area contributed by atoms with Gasteiger partial charge in [-0.3, -0.25) is 4.79 Å². The number of pyridine rings is 1. The van der Waals surface area contributed by atoms with E-state index >= 15 is 0 Å². The topological polar surface area (TPSA) is 47.2 Å². The van der Waals surface area contributed by atoms with E-state index in [0.717, 1.165) is 24.3 Å². The van der Waals surface area contributed by atoms with Gasteiger partial charge in [0.2, 0.25) is 5.56 Å². The maximum absolute atomic E-state index is 11.3.